The van der Waals surface area contributed by atoms with E-state index < -0.39 is 11.4 Å². The van der Waals surface area contributed by atoms with Crippen LogP contribution in [0.1, 0.15) is 39.5 Å². The zero-order valence-corrected chi connectivity index (χ0v) is 8.52. The smallest absolute Gasteiger partial charge is 0.309 e. The van der Waals surface area contributed by atoms with Crippen LogP contribution >= 0.6 is 11.6 Å². The van der Waals surface area contributed by atoms with Crippen LogP contribution in [0, 0.1) is 5.41 Å². The summed E-state index contributed by atoms with van der Waals surface area (Å²) in [7, 11) is 0. The second-order valence-electron chi connectivity index (χ2n) is 3.69. The number of unbranched alkanes of at least 4 members (excludes halogenated alkanes) is 2. The monoisotopic (exact) mass is 192 g/mol. The number of carboxylic acids is 1. The molecule has 0 amide bonds. The zero-order chi connectivity index (χ0) is 9.61. The summed E-state index contributed by atoms with van der Waals surface area (Å²) >= 11 is 5.50. The Labute approximate surface area is 78.9 Å². The van der Waals surface area contributed by atoms with Gasteiger partial charge in [0.1, 0.15) is 0 Å². The molecule has 72 valence electrons. The van der Waals surface area contributed by atoms with E-state index in [1.165, 1.54) is 0 Å². The van der Waals surface area contributed by atoms with Gasteiger partial charge in [0.15, 0.2) is 0 Å². The van der Waals surface area contributed by atoms with Crippen molar-refractivity contribution in [2.24, 2.45) is 5.41 Å². The Hall–Kier alpha value is -0.240. The van der Waals surface area contributed by atoms with Crippen molar-refractivity contribution in [2.45, 2.75) is 39.5 Å². The van der Waals surface area contributed by atoms with Crippen LogP contribution in [0.15, 0.2) is 0 Å². The quantitative estimate of drug-likeness (QED) is 0.519. The third kappa shape index (κ3) is 4.60. The minimum atomic E-state index is -0.714. The van der Waals surface area contributed by atoms with Gasteiger partial charge in [-0.2, -0.15) is 0 Å². The van der Waals surface area contributed by atoms with Crippen LogP contribution in [0.25, 0.3) is 0 Å². The molecule has 0 aliphatic rings. The van der Waals surface area contributed by atoms with Crippen molar-refractivity contribution in [1.29, 1.82) is 0 Å². The Kier molecular flexibility index (Phi) is 5.31. The lowest BCUT2D eigenvalue weighted by Crippen LogP contribution is -2.23. The first-order chi connectivity index (χ1) is 5.50. The molecule has 1 N–H and O–H groups in total. The third-order valence-corrected chi connectivity index (χ3v) is 2.28. The van der Waals surface area contributed by atoms with Gasteiger partial charge in [0.2, 0.25) is 0 Å². The van der Waals surface area contributed by atoms with E-state index in [1.54, 1.807) is 13.8 Å². The maximum atomic E-state index is 10.7. The summed E-state index contributed by atoms with van der Waals surface area (Å²) in [6.07, 6.45) is 3.70. The highest BCUT2D eigenvalue weighted by molar-refractivity contribution is 6.17. The van der Waals surface area contributed by atoms with Crippen LogP contribution < -0.4 is 0 Å². The van der Waals surface area contributed by atoms with Crippen molar-refractivity contribution < 1.29 is 9.90 Å². The molecule has 0 atom stereocenters. The van der Waals surface area contributed by atoms with Crippen LogP contribution in [0.3, 0.4) is 0 Å². The van der Waals surface area contributed by atoms with Crippen LogP contribution in [-0.4, -0.2) is 17.0 Å². The molecule has 0 fully saturated rings. The van der Waals surface area contributed by atoms with E-state index >= 15 is 0 Å². The number of carboxylic acid groups (broad SMARTS) is 1. The summed E-state index contributed by atoms with van der Waals surface area (Å²) < 4.78 is 0. The fourth-order valence-corrected chi connectivity index (χ4v) is 1.13. The zero-order valence-electron chi connectivity index (χ0n) is 7.77. The summed E-state index contributed by atoms with van der Waals surface area (Å²) in [5.41, 5.74) is -0.577. The summed E-state index contributed by atoms with van der Waals surface area (Å²) in [6.45, 7) is 3.52. The normalized spacial score (nSPS) is 11.6. The summed E-state index contributed by atoms with van der Waals surface area (Å²) in [5.74, 6) is -0.0404. The van der Waals surface area contributed by atoms with E-state index in [1.807, 2.05) is 0 Å². The maximum absolute atomic E-state index is 10.7. The van der Waals surface area contributed by atoms with Crippen molar-refractivity contribution in [3.63, 3.8) is 0 Å². The number of hydrogen-bond acceptors (Lipinski definition) is 1. The Bertz CT molecular complexity index is 143. The lowest BCUT2D eigenvalue weighted by atomic mass is 9.87. The predicted octanol–water partition coefficient (Wildman–Crippen LogP) is 2.90. The molecule has 2 nitrogen and oxygen atoms in total. The van der Waals surface area contributed by atoms with E-state index in [4.69, 9.17) is 16.7 Å². The molecular formula is C9H17ClO2. The van der Waals surface area contributed by atoms with Crippen molar-refractivity contribution in [3.05, 3.63) is 0 Å². The van der Waals surface area contributed by atoms with Crippen molar-refractivity contribution in [2.75, 3.05) is 5.88 Å². The molecule has 3 heteroatoms. The molecule has 0 unspecified atom stereocenters. The lowest BCUT2D eigenvalue weighted by Gasteiger charge is -2.18. The molecule has 0 aliphatic heterocycles. The van der Waals surface area contributed by atoms with Gasteiger partial charge in [-0.1, -0.05) is 12.8 Å². The molecule has 0 rings (SSSR count). The Balaban J connectivity index is 3.54. The molecule has 0 radical (unpaired) electrons. The van der Waals surface area contributed by atoms with E-state index in [2.05, 4.69) is 0 Å². The molecule has 0 spiro atoms. The van der Waals surface area contributed by atoms with Crippen LogP contribution in [0.5, 0.6) is 0 Å². The van der Waals surface area contributed by atoms with E-state index in [9.17, 15) is 4.79 Å². The van der Waals surface area contributed by atoms with Crippen molar-refractivity contribution in [3.8, 4) is 0 Å². The number of hydrogen-bond donors (Lipinski definition) is 1. The molecule has 12 heavy (non-hydrogen) atoms. The number of carbonyl (C=O) groups is 1. The van der Waals surface area contributed by atoms with E-state index in [0.29, 0.717) is 5.88 Å². The summed E-state index contributed by atoms with van der Waals surface area (Å²) in [5, 5.41) is 8.77. The topological polar surface area (TPSA) is 37.3 Å². The highest BCUT2D eigenvalue weighted by Crippen LogP contribution is 2.23. The van der Waals surface area contributed by atoms with Gasteiger partial charge in [-0.3, -0.25) is 4.79 Å². The number of aliphatic carboxylic acids is 1. The van der Waals surface area contributed by atoms with Gasteiger partial charge in [0.05, 0.1) is 5.41 Å². The number of halogens is 1. The van der Waals surface area contributed by atoms with Gasteiger partial charge < -0.3 is 5.11 Å². The number of rotatable bonds is 6. The Morgan fingerprint density at radius 1 is 1.33 bits per heavy atom. The van der Waals surface area contributed by atoms with Gasteiger partial charge >= 0.3 is 5.97 Å². The standard InChI is InChI=1S/C9H17ClO2/c1-9(2,8(11)12)6-4-3-5-7-10/h3-7H2,1-2H3,(H,11,12). The summed E-state index contributed by atoms with van der Waals surface area (Å²) in [6, 6.07) is 0. The maximum Gasteiger partial charge on any atom is 0.309 e. The van der Waals surface area contributed by atoms with Gasteiger partial charge in [-0.05, 0) is 26.7 Å². The van der Waals surface area contributed by atoms with Gasteiger partial charge in [0, 0.05) is 5.88 Å². The average Bonchev–Trinajstić information content (AvgIpc) is 1.98. The Morgan fingerprint density at radius 2 is 1.92 bits per heavy atom. The van der Waals surface area contributed by atoms with Gasteiger partial charge in [0.25, 0.3) is 0 Å². The lowest BCUT2D eigenvalue weighted by molar-refractivity contribution is -0.147. The second-order valence-corrected chi connectivity index (χ2v) is 4.07. The number of alkyl halides is 1. The van der Waals surface area contributed by atoms with Crippen LogP contribution in [-0.2, 0) is 4.79 Å². The van der Waals surface area contributed by atoms with Gasteiger partial charge in [-0.25, -0.2) is 0 Å². The largest absolute Gasteiger partial charge is 0.481 e. The van der Waals surface area contributed by atoms with Crippen LogP contribution in [0.2, 0.25) is 0 Å². The molecule has 0 aromatic heterocycles. The first-order valence-corrected chi connectivity index (χ1v) is 4.83. The minimum Gasteiger partial charge on any atom is -0.481 e. The fourth-order valence-electron chi connectivity index (χ4n) is 0.945. The first-order valence-electron chi connectivity index (χ1n) is 4.30. The van der Waals surface area contributed by atoms with Gasteiger partial charge in [-0.15, -0.1) is 11.6 Å². The average molecular weight is 193 g/mol. The van der Waals surface area contributed by atoms with Crippen molar-refractivity contribution >= 4 is 17.6 Å². The van der Waals surface area contributed by atoms with Crippen LogP contribution in [0.4, 0.5) is 0 Å². The highest BCUT2D eigenvalue weighted by Gasteiger charge is 2.25. The molecule has 0 heterocycles. The Morgan fingerprint density at radius 3 is 2.33 bits per heavy atom. The third-order valence-electron chi connectivity index (χ3n) is 2.01. The summed E-state index contributed by atoms with van der Waals surface area (Å²) in [4.78, 5) is 10.7. The molecule has 0 aromatic rings. The fraction of sp³-hybridized carbons (Fsp3) is 0.889. The van der Waals surface area contributed by atoms with Crippen molar-refractivity contribution in [1.82, 2.24) is 0 Å². The molecule has 0 saturated heterocycles. The SMILES string of the molecule is CC(C)(CCCCCCl)C(=O)O. The minimum absolute atomic E-state index is 0.577. The first kappa shape index (κ1) is 11.8. The molecule has 0 bridgehead atoms. The second kappa shape index (κ2) is 5.41. The highest BCUT2D eigenvalue weighted by atomic mass is 35.5. The molecule has 0 saturated carbocycles. The molecular weight excluding hydrogens is 176 g/mol. The van der Waals surface area contributed by atoms with E-state index in [-0.39, 0.29) is 0 Å². The van der Waals surface area contributed by atoms with E-state index in [0.717, 1.165) is 25.7 Å². The predicted molar refractivity (Wildman–Crippen MR) is 50.6 cm³/mol. The molecule has 0 aliphatic carbocycles. The molecule has 0 aromatic carbocycles.